The molecule has 1 amide bonds. The third-order valence-corrected chi connectivity index (χ3v) is 4.31. The summed E-state index contributed by atoms with van der Waals surface area (Å²) in [7, 11) is 0. The largest absolute Gasteiger partial charge is 0.418 e. The molecular formula is C15H17F3N2O. The molecule has 1 aromatic rings. The lowest BCUT2D eigenvalue weighted by atomic mass is 10.1. The van der Waals surface area contributed by atoms with Gasteiger partial charge < -0.3 is 9.80 Å². The highest BCUT2D eigenvalue weighted by Crippen LogP contribution is 2.44. The first kappa shape index (κ1) is 14.2. The van der Waals surface area contributed by atoms with E-state index in [1.165, 1.54) is 6.07 Å². The van der Waals surface area contributed by atoms with E-state index in [0.717, 1.165) is 6.07 Å². The summed E-state index contributed by atoms with van der Waals surface area (Å²) in [6.07, 6.45) is -3.32. The Balaban J connectivity index is 2.05. The van der Waals surface area contributed by atoms with Crippen LogP contribution in [0.5, 0.6) is 0 Å². The second-order valence-electron chi connectivity index (χ2n) is 5.50. The number of hydrogen-bond acceptors (Lipinski definition) is 2. The predicted octanol–water partition coefficient (Wildman–Crippen LogP) is 2.69. The average Bonchev–Trinajstić information content (AvgIpc) is 2.73. The van der Waals surface area contributed by atoms with Gasteiger partial charge in [0.2, 0.25) is 5.91 Å². The molecule has 1 saturated heterocycles. The van der Waals surface area contributed by atoms with Crippen LogP contribution in [0.25, 0.3) is 0 Å². The molecule has 1 fully saturated rings. The van der Waals surface area contributed by atoms with Crippen molar-refractivity contribution in [1.82, 2.24) is 4.90 Å². The maximum atomic E-state index is 13.2. The molecule has 0 aromatic heterocycles. The highest BCUT2D eigenvalue weighted by Gasteiger charge is 2.44. The van der Waals surface area contributed by atoms with Crippen molar-refractivity contribution in [2.45, 2.75) is 32.0 Å². The lowest BCUT2D eigenvalue weighted by Crippen LogP contribution is -2.44. The molecule has 3 rings (SSSR count). The van der Waals surface area contributed by atoms with Gasteiger partial charge in [0, 0.05) is 26.1 Å². The van der Waals surface area contributed by atoms with Crippen LogP contribution in [0.3, 0.4) is 0 Å². The van der Waals surface area contributed by atoms with E-state index in [0.29, 0.717) is 38.0 Å². The van der Waals surface area contributed by atoms with Crippen LogP contribution < -0.4 is 4.90 Å². The van der Waals surface area contributed by atoms with Crippen LogP contribution in [0.2, 0.25) is 0 Å². The molecule has 0 spiro atoms. The fourth-order valence-corrected chi connectivity index (χ4v) is 3.35. The Hall–Kier alpha value is -1.72. The van der Waals surface area contributed by atoms with Crippen LogP contribution >= 0.6 is 0 Å². The zero-order chi connectivity index (χ0) is 15.2. The minimum Gasteiger partial charge on any atom is -0.358 e. The normalized spacial score (nSPS) is 22.1. The molecule has 2 aliphatic rings. The van der Waals surface area contributed by atoms with Gasteiger partial charge in [0.15, 0.2) is 0 Å². The zero-order valence-corrected chi connectivity index (χ0v) is 11.8. The van der Waals surface area contributed by atoms with E-state index in [-0.39, 0.29) is 11.6 Å². The molecular weight excluding hydrogens is 281 g/mol. The van der Waals surface area contributed by atoms with Gasteiger partial charge in [-0.3, -0.25) is 4.79 Å². The lowest BCUT2D eigenvalue weighted by Gasteiger charge is -2.27. The predicted molar refractivity (Wildman–Crippen MR) is 73.2 cm³/mol. The van der Waals surface area contributed by atoms with Crippen LogP contribution in [-0.2, 0) is 17.4 Å². The van der Waals surface area contributed by atoms with Crippen LogP contribution in [0.15, 0.2) is 18.2 Å². The number of fused-ring (bicyclic) bond motifs is 3. The second-order valence-corrected chi connectivity index (χ2v) is 5.50. The second kappa shape index (κ2) is 4.93. The number of benzene rings is 1. The number of likely N-dealkylation sites (N-methyl/N-ethyl adjacent to an activating group) is 1. The fraction of sp³-hybridized carbons (Fsp3) is 0.533. The number of halogens is 3. The van der Waals surface area contributed by atoms with Crippen molar-refractivity contribution in [1.29, 1.82) is 0 Å². The molecule has 2 heterocycles. The van der Waals surface area contributed by atoms with Crippen molar-refractivity contribution in [3.05, 3.63) is 29.3 Å². The standard InChI is InChI=1S/C15H17F3N2O/c1-2-19-7-4-8-20-12(14(19)21)9-10-5-3-6-11(13(10)20)15(16,17)18/h3,5-6,12H,2,4,7-9H2,1H3. The molecule has 114 valence electrons. The summed E-state index contributed by atoms with van der Waals surface area (Å²) in [5.74, 6) is -0.0562. The lowest BCUT2D eigenvalue weighted by molar-refractivity contribution is -0.137. The molecule has 3 nitrogen and oxygen atoms in total. The van der Waals surface area contributed by atoms with Crippen LogP contribution in [0, 0.1) is 0 Å². The Bertz CT molecular complexity index is 571. The summed E-state index contributed by atoms with van der Waals surface area (Å²) >= 11 is 0. The summed E-state index contributed by atoms with van der Waals surface area (Å²) in [5.41, 5.74) is 0.211. The van der Waals surface area contributed by atoms with Gasteiger partial charge in [-0.05, 0) is 25.0 Å². The van der Waals surface area contributed by atoms with E-state index in [4.69, 9.17) is 0 Å². The van der Waals surface area contributed by atoms with Crippen LogP contribution in [0.4, 0.5) is 18.9 Å². The highest BCUT2D eigenvalue weighted by molar-refractivity contribution is 5.89. The Morgan fingerprint density at radius 2 is 2.05 bits per heavy atom. The van der Waals surface area contributed by atoms with Gasteiger partial charge in [0.25, 0.3) is 0 Å². The Morgan fingerprint density at radius 3 is 2.71 bits per heavy atom. The number of para-hydroxylation sites is 1. The van der Waals surface area contributed by atoms with Gasteiger partial charge in [-0.15, -0.1) is 0 Å². The molecule has 1 atom stereocenters. The molecule has 2 aliphatic heterocycles. The van der Waals surface area contributed by atoms with Crippen LogP contribution in [0.1, 0.15) is 24.5 Å². The summed E-state index contributed by atoms with van der Waals surface area (Å²) in [6.45, 7) is 3.61. The first-order chi connectivity index (χ1) is 9.93. The van der Waals surface area contributed by atoms with E-state index >= 15 is 0 Å². The third kappa shape index (κ3) is 2.26. The zero-order valence-electron chi connectivity index (χ0n) is 11.8. The summed E-state index contributed by atoms with van der Waals surface area (Å²) < 4.78 is 39.7. The molecule has 0 saturated carbocycles. The smallest absolute Gasteiger partial charge is 0.358 e. The van der Waals surface area contributed by atoms with Crippen molar-refractivity contribution in [3.63, 3.8) is 0 Å². The minimum absolute atomic E-state index is 0.0562. The third-order valence-electron chi connectivity index (χ3n) is 4.31. The quantitative estimate of drug-likeness (QED) is 0.796. The molecule has 6 heteroatoms. The van der Waals surface area contributed by atoms with E-state index in [9.17, 15) is 18.0 Å². The summed E-state index contributed by atoms with van der Waals surface area (Å²) in [6, 6.07) is 3.75. The van der Waals surface area contributed by atoms with Crippen molar-refractivity contribution in [2.24, 2.45) is 0 Å². The van der Waals surface area contributed by atoms with Gasteiger partial charge in [-0.25, -0.2) is 0 Å². The number of nitrogens with zero attached hydrogens (tertiary/aromatic N) is 2. The number of hydrogen-bond donors (Lipinski definition) is 0. The number of alkyl halides is 3. The number of carbonyl (C=O) groups is 1. The van der Waals surface area contributed by atoms with E-state index in [1.807, 2.05) is 6.92 Å². The Morgan fingerprint density at radius 1 is 1.29 bits per heavy atom. The SMILES string of the molecule is CCN1CCCN2c3c(cccc3C(F)(F)F)CC2C1=O. The van der Waals surface area contributed by atoms with Crippen molar-refractivity contribution >= 4 is 11.6 Å². The molecule has 0 aliphatic carbocycles. The van der Waals surface area contributed by atoms with Gasteiger partial charge in [-0.1, -0.05) is 12.1 Å². The average molecular weight is 298 g/mol. The minimum atomic E-state index is -4.39. The van der Waals surface area contributed by atoms with Gasteiger partial charge in [0.05, 0.1) is 11.3 Å². The highest BCUT2D eigenvalue weighted by atomic mass is 19.4. The monoisotopic (exact) mass is 298 g/mol. The van der Waals surface area contributed by atoms with Crippen molar-refractivity contribution < 1.29 is 18.0 Å². The molecule has 0 bridgehead atoms. The maximum absolute atomic E-state index is 13.2. The maximum Gasteiger partial charge on any atom is 0.418 e. The van der Waals surface area contributed by atoms with Crippen molar-refractivity contribution in [2.75, 3.05) is 24.5 Å². The van der Waals surface area contributed by atoms with Gasteiger partial charge >= 0.3 is 6.18 Å². The van der Waals surface area contributed by atoms with E-state index in [1.54, 1.807) is 15.9 Å². The van der Waals surface area contributed by atoms with Gasteiger partial charge in [-0.2, -0.15) is 13.2 Å². The topological polar surface area (TPSA) is 23.6 Å². The van der Waals surface area contributed by atoms with E-state index in [2.05, 4.69) is 0 Å². The number of anilines is 1. The molecule has 1 unspecified atom stereocenters. The Labute approximate surface area is 121 Å². The van der Waals surface area contributed by atoms with Crippen LogP contribution in [-0.4, -0.2) is 36.5 Å². The summed E-state index contributed by atoms with van der Waals surface area (Å²) in [4.78, 5) is 15.9. The molecule has 1 aromatic carbocycles. The molecule has 21 heavy (non-hydrogen) atoms. The Kier molecular flexibility index (Phi) is 3.34. The first-order valence-electron chi connectivity index (χ1n) is 7.18. The molecule has 0 radical (unpaired) electrons. The van der Waals surface area contributed by atoms with Crippen molar-refractivity contribution in [3.8, 4) is 0 Å². The van der Waals surface area contributed by atoms with E-state index < -0.39 is 17.8 Å². The fourth-order valence-electron chi connectivity index (χ4n) is 3.35. The summed E-state index contributed by atoms with van der Waals surface area (Å²) in [5, 5.41) is 0. The first-order valence-corrected chi connectivity index (χ1v) is 7.18. The number of rotatable bonds is 1. The molecule has 0 N–H and O–H groups in total. The number of amides is 1. The number of carbonyl (C=O) groups excluding carboxylic acids is 1. The van der Waals surface area contributed by atoms with Gasteiger partial charge in [0.1, 0.15) is 6.04 Å².